The number of benzene rings is 2. The zero-order valence-corrected chi connectivity index (χ0v) is 11.8. The molecule has 0 saturated heterocycles. The van der Waals surface area contributed by atoms with Crippen molar-refractivity contribution in [3.63, 3.8) is 0 Å². The largest absolute Gasteiger partial charge is 0.492 e. The molecule has 0 fully saturated rings. The van der Waals surface area contributed by atoms with Gasteiger partial charge in [-0.1, -0.05) is 30.3 Å². The molecule has 2 aromatic carbocycles. The Morgan fingerprint density at radius 1 is 1.00 bits per heavy atom. The van der Waals surface area contributed by atoms with Gasteiger partial charge in [0.25, 0.3) is 0 Å². The molecule has 3 nitrogen and oxygen atoms in total. The number of hydrogen-bond acceptors (Lipinski definition) is 3. The van der Waals surface area contributed by atoms with E-state index in [0.29, 0.717) is 6.61 Å². The maximum atomic E-state index is 5.70. The first-order valence-corrected chi connectivity index (χ1v) is 6.42. The van der Waals surface area contributed by atoms with E-state index in [1.165, 1.54) is 10.8 Å². The summed E-state index contributed by atoms with van der Waals surface area (Å²) in [7, 11) is 0. The fraction of sp³-hybridized carbons (Fsp3) is 0.333. The summed E-state index contributed by atoms with van der Waals surface area (Å²) in [6, 6.07) is 14.5. The number of nitrogens with one attached hydrogen (secondary N) is 1. The van der Waals surface area contributed by atoms with E-state index >= 15 is 0 Å². The molecule has 0 bridgehead atoms. The molecular formula is C15H21ClN2O. The summed E-state index contributed by atoms with van der Waals surface area (Å²) in [5.41, 5.74) is 5.42. The van der Waals surface area contributed by atoms with Gasteiger partial charge >= 0.3 is 0 Å². The second-order valence-electron chi connectivity index (χ2n) is 4.25. The second kappa shape index (κ2) is 8.75. The molecule has 0 aliphatic rings. The molecule has 0 amide bonds. The van der Waals surface area contributed by atoms with Gasteiger partial charge in [-0.25, -0.2) is 0 Å². The Morgan fingerprint density at radius 2 is 1.79 bits per heavy atom. The minimum Gasteiger partial charge on any atom is -0.492 e. The average Bonchev–Trinajstić information content (AvgIpc) is 2.42. The molecule has 0 radical (unpaired) electrons. The molecular weight excluding hydrogens is 260 g/mol. The van der Waals surface area contributed by atoms with Gasteiger partial charge in [0.05, 0.1) is 0 Å². The smallest absolute Gasteiger partial charge is 0.120 e. The molecule has 2 rings (SSSR count). The van der Waals surface area contributed by atoms with Crippen LogP contribution < -0.4 is 15.8 Å². The summed E-state index contributed by atoms with van der Waals surface area (Å²) in [4.78, 5) is 0. The fourth-order valence-corrected chi connectivity index (χ4v) is 1.85. The lowest BCUT2D eigenvalue weighted by molar-refractivity contribution is 0.314. The standard InChI is InChI=1S/C15H20N2O.ClH/c16-8-3-9-17-10-11-18-15-7-6-13-4-1-2-5-14(13)12-15;/h1-2,4-7,12,17H,3,8-11,16H2;1H. The van der Waals surface area contributed by atoms with Crippen molar-refractivity contribution < 1.29 is 4.74 Å². The highest BCUT2D eigenvalue weighted by Gasteiger charge is 1.96. The number of rotatable bonds is 7. The topological polar surface area (TPSA) is 47.3 Å². The first-order valence-electron chi connectivity index (χ1n) is 6.42. The van der Waals surface area contributed by atoms with E-state index in [4.69, 9.17) is 10.5 Å². The molecule has 19 heavy (non-hydrogen) atoms. The van der Waals surface area contributed by atoms with Gasteiger partial charge in [-0.05, 0) is 42.4 Å². The summed E-state index contributed by atoms with van der Waals surface area (Å²) in [5.74, 6) is 0.925. The van der Waals surface area contributed by atoms with Gasteiger partial charge in [-0.15, -0.1) is 12.4 Å². The summed E-state index contributed by atoms with van der Waals surface area (Å²) in [5, 5.41) is 5.74. The number of ether oxygens (including phenoxy) is 1. The highest BCUT2D eigenvalue weighted by atomic mass is 35.5. The first-order chi connectivity index (χ1) is 8.90. The number of nitrogens with two attached hydrogens (primary N) is 1. The Labute approximate surface area is 120 Å². The van der Waals surface area contributed by atoms with Crippen molar-refractivity contribution in [2.45, 2.75) is 6.42 Å². The summed E-state index contributed by atoms with van der Waals surface area (Å²) >= 11 is 0. The highest BCUT2D eigenvalue weighted by molar-refractivity contribution is 5.85. The monoisotopic (exact) mass is 280 g/mol. The first kappa shape index (κ1) is 15.8. The predicted octanol–water partition coefficient (Wildman–Crippen LogP) is 2.58. The summed E-state index contributed by atoms with van der Waals surface area (Å²) in [6.07, 6.45) is 1.01. The zero-order chi connectivity index (χ0) is 12.6. The molecule has 3 N–H and O–H groups in total. The molecule has 0 spiro atoms. The van der Waals surface area contributed by atoms with Crippen LogP contribution in [0.4, 0.5) is 0 Å². The van der Waals surface area contributed by atoms with E-state index in [2.05, 4.69) is 29.6 Å². The van der Waals surface area contributed by atoms with Crippen LogP contribution in [0.2, 0.25) is 0 Å². The van der Waals surface area contributed by atoms with Crippen molar-refractivity contribution in [1.29, 1.82) is 0 Å². The van der Waals surface area contributed by atoms with Crippen LogP contribution in [-0.2, 0) is 0 Å². The predicted molar refractivity (Wildman–Crippen MR) is 83.2 cm³/mol. The van der Waals surface area contributed by atoms with Gasteiger partial charge < -0.3 is 15.8 Å². The minimum absolute atomic E-state index is 0. The molecule has 104 valence electrons. The third-order valence-corrected chi connectivity index (χ3v) is 2.83. The SMILES string of the molecule is Cl.NCCCNCCOc1ccc2ccccc2c1. The van der Waals surface area contributed by atoms with Crippen LogP contribution >= 0.6 is 12.4 Å². The van der Waals surface area contributed by atoms with Crippen molar-refractivity contribution >= 4 is 23.2 Å². The Bertz CT molecular complexity index is 490. The summed E-state index contributed by atoms with van der Waals surface area (Å²) in [6.45, 7) is 3.23. The lowest BCUT2D eigenvalue weighted by atomic mass is 10.1. The van der Waals surface area contributed by atoms with Crippen molar-refractivity contribution in [2.75, 3.05) is 26.2 Å². The Kier molecular flexibility index (Phi) is 7.26. The minimum atomic E-state index is 0. The van der Waals surface area contributed by atoms with E-state index < -0.39 is 0 Å². The molecule has 0 heterocycles. The van der Waals surface area contributed by atoms with E-state index in [-0.39, 0.29) is 12.4 Å². The summed E-state index contributed by atoms with van der Waals surface area (Å²) < 4.78 is 5.70. The van der Waals surface area contributed by atoms with E-state index in [1.54, 1.807) is 0 Å². The lowest BCUT2D eigenvalue weighted by Crippen LogP contribution is -2.23. The normalized spacial score (nSPS) is 10.2. The van der Waals surface area contributed by atoms with Gasteiger partial charge in [0, 0.05) is 6.54 Å². The van der Waals surface area contributed by atoms with Crippen molar-refractivity contribution in [3.8, 4) is 5.75 Å². The van der Waals surface area contributed by atoms with Crippen molar-refractivity contribution in [2.24, 2.45) is 5.73 Å². The maximum Gasteiger partial charge on any atom is 0.120 e. The average molecular weight is 281 g/mol. The van der Waals surface area contributed by atoms with Crippen LogP contribution in [0.3, 0.4) is 0 Å². The molecule has 0 aliphatic heterocycles. The van der Waals surface area contributed by atoms with Crippen LogP contribution in [0.5, 0.6) is 5.75 Å². The van der Waals surface area contributed by atoms with Crippen LogP contribution in [0.1, 0.15) is 6.42 Å². The van der Waals surface area contributed by atoms with Crippen molar-refractivity contribution in [1.82, 2.24) is 5.32 Å². The van der Waals surface area contributed by atoms with Gasteiger partial charge in [-0.2, -0.15) is 0 Å². The molecule has 2 aromatic rings. The molecule has 0 atom stereocenters. The Morgan fingerprint density at radius 3 is 2.58 bits per heavy atom. The van der Waals surface area contributed by atoms with Crippen LogP contribution in [0.15, 0.2) is 42.5 Å². The van der Waals surface area contributed by atoms with Crippen molar-refractivity contribution in [3.05, 3.63) is 42.5 Å². The van der Waals surface area contributed by atoms with Gasteiger partial charge in [0.1, 0.15) is 12.4 Å². The third kappa shape index (κ3) is 5.07. The molecule has 0 aromatic heterocycles. The third-order valence-electron chi connectivity index (χ3n) is 2.83. The van der Waals surface area contributed by atoms with Crippen LogP contribution in [-0.4, -0.2) is 26.2 Å². The molecule has 0 unspecified atom stereocenters. The van der Waals surface area contributed by atoms with E-state index in [0.717, 1.165) is 31.8 Å². The molecule has 0 saturated carbocycles. The lowest BCUT2D eigenvalue weighted by Gasteiger charge is -2.08. The van der Waals surface area contributed by atoms with E-state index in [1.807, 2.05) is 18.2 Å². The number of hydrogen-bond donors (Lipinski definition) is 2. The quantitative estimate of drug-likeness (QED) is 0.767. The van der Waals surface area contributed by atoms with Gasteiger partial charge in [-0.3, -0.25) is 0 Å². The number of fused-ring (bicyclic) bond motifs is 1. The Hall–Kier alpha value is -1.29. The fourth-order valence-electron chi connectivity index (χ4n) is 1.85. The molecule has 0 aliphatic carbocycles. The van der Waals surface area contributed by atoms with Crippen LogP contribution in [0, 0.1) is 0 Å². The molecule has 4 heteroatoms. The Balaban J connectivity index is 0.00000180. The van der Waals surface area contributed by atoms with Gasteiger partial charge in [0.2, 0.25) is 0 Å². The highest BCUT2D eigenvalue weighted by Crippen LogP contribution is 2.20. The zero-order valence-electron chi connectivity index (χ0n) is 11.0. The second-order valence-corrected chi connectivity index (χ2v) is 4.25. The van der Waals surface area contributed by atoms with Gasteiger partial charge in [0.15, 0.2) is 0 Å². The van der Waals surface area contributed by atoms with Crippen LogP contribution in [0.25, 0.3) is 10.8 Å². The van der Waals surface area contributed by atoms with E-state index in [9.17, 15) is 0 Å². The maximum absolute atomic E-state index is 5.70. The number of halogens is 1.